The summed E-state index contributed by atoms with van der Waals surface area (Å²) in [6.45, 7) is 3.39. The molecule has 23 heavy (non-hydrogen) atoms. The fourth-order valence-corrected chi connectivity index (χ4v) is 2.00. The Morgan fingerprint density at radius 3 is 2.48 bits per heavy atom. The van der Waals surface area contributed by atoms with E-state index in [4.69, 9.17) is 9.47 Å². The molecule has 1 aromatic rings. The number of benzene rings is 1. The number of ether oxygens (including phenoxy) is 3. The van der Waals surface area contributed by atoms with Gasteiger partial charge >= 0.3 is 11.9 Å². The van der Waals surface area contributed by atoms with Gasteiger partial charge in [-0.05, 0) is 19.9 Å². The van der Waals surface area contributed by atoms with Crippen LogP contribution >= 0.6 is 0 Å². The van der Waals surface area contributed by atoms with Gasteiger partial charge in [-0.1, -0.05) is 0 Å². The van der Waals surface area contributed by atoms with Crippen molar-refractivity contribution in [3.8, 4) is 5.75 Å². The molecule has 1 aromatic carbocycles. The van der Waals surface area contributed by atoms with Crippen LogP contribution < -0.4 is 4.74 Å². The highest BCUT2D eigenvalue weighted by Crippen LogP contribution is 2.36. The van der Waals surface area contributed by atoms with E-state index in [1.54, 1.807) is 13.8 Å². The predicted octanol–water partition coefficient (Wildman–Crippen LogP) is 2.27. The van der Waals surface area contributed by atoms with Crippen molar-refractivity contribution < 1.29 is 28.7 Å². The van der Waals surface area contributed by atoms with Crippen molar-refractivity contribution in [2.45, 2.75) is 13.8 Å². The second-order valence-corrected chi connectivity index (χ2v) is 4.35. The molecule has 0 aliphatic rings. The third kappa shape index (κ3) is 4.06. The van der Waals surface area contributed by atoms with Crippen molar-refractivity contribution in [3.63, 3.8) is 0 Å². The minimum Gasteiger partial charge on any atom is -0.496 e. The normalized spacial score (nSPS) is 10.4. The number of carbonyl (C=O) groups is 2. The Bertz CT molecular complexity index is 664. The van der Waals surface area contributed by atoms with Crippen LogP contribution in [0.5, 0.6) is 5.75 Å². The average molecular weight is 323 g/mol. The van der Waals surface area contributed by atoms with Crippen molar-refractivity contribution in [2.24, 2.45) is 0 Å². The van der Waals surface area contributed by atoms with Crippen LogP contribution in [0.4, 0.5) is 5.69 Å². The van der Waals surface area contributed by atoms with E-state index < -0.39 is 16.9 Å². The molecule has 0 saturated carbocycles. The fourth-order valence-electron chi connectivity index (χ4n) is 2.00. The maximum atomic E-state index is 11.7. The summed E-state index contributed by atoms with van der Waals surface area (Å²) in [6.07, 6.45) is 2.29. The maximum Gasteiger partial charge on any atom is 0.338 e. The van der Waals surface area contributed by atoms with Crippen LogP contribution in [0.15, 0.2) is 12.1 Å². The van der Waals surface area contributed by atoms with E-state index in [2.05, 4.69) is 4.74 Å². The zero-order valence-corrected chi connectivity index (χ0v) is 13.2. The standard InChI is InChI=1S/C15H17NO7/c1-5-23-13(17)7-6-10-12(16(19)20)8-11(15(18)22-4)9(2)14(10)21-3/h6-8H,5H2,1-4H3. The zero-order valence-electron chi connectivity index (χ0n) is 13.2. The second-order valence-electron chi connectivity index (χ2n) is 4.35. The van der Waals surface area contributed by atoms with E-state index >= 15 is 0 Å². The molecule has 0 aliphatic heterocycles. The molecule has 0 saturated heterocycles. The molecular weight excluding hydrogens is 306 g/mol. The monoisotopic (exact) mass is 323 g/mol. The van der Waals surface area contributed by atoms with E-state index in [9.17, 15) is 19.7 Å². The van der Waals surface area contributed by atoms with Crippen molar-refractivity contribution in [2.75, 3.05) is 20.8 Å². The fraction of sp³-hybridized carbons (Fsp3) is 0.333. The first-order valence-electron chi connectivity index (χ1n) is 6.66. The summed E-state index contributed by atoms with van der Waals surface area (Å²) in [6, 6.07) is 1.09. The van der Waals surface area contributed by atoms with E-state index in [1.807, 2.05) is 0 Å². The quantitative estimate of drug-likeness (QED) is 0.342. The number of hydrogen-bond donors (Lipinski definition) is 0. The summed E-state index contributed by atoms with van der Waals surface area (Å²) in [5.74, 6) is -1.25. The van der Waals surface area contributed by atoms with Gasteiger partial charge in [-0.15, -0.1) is 0 Å². The van der Waals surface area contributed by atoms with Gasteiger partial charge < -0.3 is 14.2 Å². The second kappa shape index (κ2) is 7.92. The lowest BCUT2D eigenvalue weighted by Gasteiger charge is -2.12. The minimum atomic E-state index is -0.718. The number of methoxy groups -OCH3 is 2. The molecule has 0 aromatic heterocycles. The number of esters is 2. The van der Waals surface area contributed by atoms with Crippen molar-refractivity contribution >= 4 is 23.7 Å². The lowest BCUT2D eigenvalue weighted by Crippen LogP contribution is -2.08. The molecule has 8 heteroatoms. The number of nitro benzene ring substituents is 1. The average Bonchev–Trinajstić information content (AvgIpc) is 2.52. The Labute approximate surface area is 132 Å². The Hall–Kier alpha value is -2.90. The van der Waals surface area contributed by atoms with E-state index in [0.717, 1.165) is 12.1 Å². The lowest BCUT2D eigenvalue weighted by molar-refractivity contribution is -0.385. The van der Waals surface area contributed by atoms with Crippen LogP contribution in [-0.4, -0.2) is 37.7 Å². The molecule has 0 amide bonds. The Balaban J connectivity index is 3.55. The van der Waals surface area contributed by atoms with Crippen LogP contribution in [0, 0.1) is 17.0 Å². The van der Waals surface area contributed by atoms with Gasteiger partial charge in [-0.25, -0.2) is 9.59 Å². The zero-order chi connectivity index (χ0) is 17.6. The Morgan fingerprint density at radius 2 is 2.00 bits per heavy atom. The van der Waals surface area contributed by atoms with Gasteiger partial charge in [0.2, 0.25) is 0 Å². The molecule has 0 radical (unpaired) electrons. The van der Waals surface area contributed by atoms with E-state index in [0.29, 0.717) is 5.56 Å². The minimum absolute atomic E-state index is 0.0179. The SMILES string of the molecule is CCOC(=O)C=Cc1c([N+](=O)[O-])cc(C(=O)OC)c(C)c1OC. The van der Waals surface area contributed by atoms with Gasteiger partial charge in [0.1, 0.15) is 5.75 Å². The number of rotatable bonds is 6. The van der Waals surface area contributed by atoms with Crippen LogP contribution in [0.25, 0.3) is 6.08 Å². The third-order valence-electron chi connectivity index (χ3n) is 3.03. The van der Waals surface area contributed by atoms with Gasteiger partial charge in [-0.2, -0.15) is 0 Å². The van der Waals surface area contributed by atoms with Crippen LogP contribution in [0.1, 0.15) is 28.4 Å². The summed E-state index contributed by atoms with van der Waals surface area (Å²) in [4.78, 5) is 33.8. The molecule has 0 heterocycles. The molecule has 0 unspecified atom stereocenters. The Morgan fingerprint density at radius 1 is 1.35 bits per heavy atom. The summed E-state index contributed by atoms with van der Waals surface area (Å²) in [5, 5.41) is 11.3. The molecule has 0 fully saturated rings. The van der Waals surface area contributed by atoms with Crippen LogP contribution in [0.2, 0.25) is 0 Å². The van der Waals surface area contributed by atoms with Crippen molar-refractivity contribution in [1.82, 2.24) is 0 Å². The summed E-state index contributed by atoms with van der Waals surface area (Å²) < 4.78 is 14.5. The number of hydrogen-bond acceptors (Lipinski definition) is 7. The highest BCUT2D eigenvalue weighted by Gasteiger charge is 2.25. The first-order valence-corrected chi connectivity index (χ1v) is 6.66. The smallest absolute Gasteiger partial charge is 0.338 e. The molecule has 0 N–H and O–H groups in total. The molecule has 124 valence electrons. The number of nitrogens with zero attached hydrogens (tertiary/aromatic N) is 1. The topological polar surface area (TPSA) is 105 Å². The molecular formula is C15H17NO7. The summed E-state index contributed by atoms with van der Waals surface area (Å²) in [7, 11) is 2.49. The number of carbonyl (C=O) groups excluding carboxylic acids is 2. The summed E-state index contributed by atoms with van der Waals surface area (Å²) >= 11 is 0. The highest BCUT2D eigenvalue weighted by molar-refractivity contribution is 5.95. The highest BCUT2D eigenvalue weighted by atomic mass is 16.6. The van der Waals surface area contributed by atoms with Gasteiger partial charge in [0.05, 0.1) is 36.9 Å². The molecule has 1 rings (SSSR count). The molecule has 0 spiro atoms. The third-order valence-corrected chi connectivity index (χ3v) is 3.03. The first kappa shape index (κ1) is 18.1. The van der Waals surface area contributed by atoms with Crippen LogP contribution in [0.3, 0.4) is 0 Å². The Kier molecular flexibility index (Phi) is 6.25. The van der Waals surface area contributed by atoms with Gasteiger partial charge in [0.25, 0.3) is 5.69 Å². The van der Waals surface area contributed by atoms with Gasteiger partial charge in [0, 0.05) is 17.7 Å². The molecule has 0 atom stereocenters. The first-order chi connectivity index (χ1) is 10.9. The molecule has 0 bridgehead atoms. The van der Waals surface area contributed by atoms with Gasteiger partial charge in [0.15, 0.2) is 0 Å². The van der Waals surface area contributed by atoms with E-state index in [1.165, 1.54) is 20.3 Å². The number of nitro groups is 1. The van der Waals surface area contributed by atoms with Crippen molar-refractivity contribution in [1.29, 1.82) is 0 Å². The molecule has 0 aliphatic carbocycles. The molecule has 8 nitrogen and oxygen atoms in total. The van der Waals surface area contributed by atoms with E-state index in [-0.39, 0.29) is 29.2 Å². The maximum absolute atomic E-state index is 11.7. The summed E-state index contributed by atoms with van der Waals surface area (Å²) in [5.41, 5.74) is 0.0712. The predicted molar refractivity (Wildman–Crippen MR) is 81.4 cm³/mol. The largest absolute Gasteiger partial charge is 0.496 e. The van der Waals surface area contributed by atoms with Crippen molar-refractivity contribution in [3.05, 3.63) is 38.9 Å². The lowest BCUT2D eigenvalue weighted by atomic mass is 10.0. The van der Waals surface area contributed by atoms with Crippen LogP contribution in [-0.2, 0) is 14.3 Å². The van der Waals surface area contributed by atoms with Gasteiger partial charge in [-0.3, -0.25) is 10.1 Å².